The van der Waals surface area contributed by atoms with Crippen LogP contribution in [0.15, 0.2) is 24.3 Å². The first-order chi connectivity index (χ1) is 9.19. The summed E-state index contributed by atoms with van der Waals surface area (Å²) in [5, 5.41) is 3.70. The Balaban J connectivity index is 1.85. The van der Waals surface area contributed by atoms with Gasteiger partial charge in [0.2, 0.25) is 0 Å². The molecule has 1 N–H and O–H groups in total. The first-order valence-electron chi connectivity index (χ1n) is 7.09. The molecule has 106 valence electrons. The smallest absolute Gasteiger partial charge is 0.122 e. The predicted octanol–water partition coefficient (Wildman–Crippen LogP) is 3.50. The molecule has 0 aliphatic heterocycles. The third-order valence-electron chi connectivity index (χ3n) is 4.19. The molecular weight excluding hydrogens is 254 g/mol. The highest BCUT2D eigenvalue weighted by molar-refractivity contribution is 8.00. The molecule has 1 aliphatic carbocycles. The molecule has 0 saturated heterocycles. The number of hydrogen-bond donors (Lipinski definition) is 1. The minimum absolute atomic E-state index is 0.487. The predicted molar refractivity (Wildman–Crippen MR) is 84.3 cm³/mol. The van der Waals surface area contributed by atoms with Gasteiger partial charge in [0, 0.05) is 17.3 Å². The molecule has 0 radical (unpaired) electrons. The summed E-state index contributed by atoms with van der Waals surface area (Å²) in [6, 6.07) is 8.79. The van der Waals surface area contributed by atoms with Gasteiger partial charge in [-0.3, -0.25) is 0 Å². The minimum Gasteiger partial charge on any atom is -0.496 e. The highest BCUT2D eigenvalue weighted by Crippen LogP contribution is 2.42. The third kappa shape index (κ3) is 3.67. The molecule has 1 saturated carbocycles. The number of thioether (sulfide) groups is 1. The van der Waals surface area contributed by atoms with E-state index in [4.69, 9.17) is 4.74 Å². The average molecular weight is 279 g/mol. The first kappa shape index (κ1) is 14.7. The molecular formula is C16H25NOS. The van der Waals surface area contributed by atoms with Crippen LogP contribution in [-0.4, -0.2) is 30.7 Å². The fraction of sp³-hybridized carbons (Fsp3) is 0.625. The Labute approximate surface area is 121 Å². The number of rotatable bonds is 7. The zero-order valence-electron chi connectivity index (χ0n) is 12.2. The Morgan fingerprint density at radius 2 is 2.11 bits per heavy atom. The summed E-state index contributed by atoms with van der Waals surface area (Å²) in [5.74, 6) is 0.999. The molecule has 19 heavy (non-hydrogen) atoms. The van der Waals surface area contributed by atoms with Crippen LogP contribution in [0.5, 0.6) is 5.75 Å². The van der Waals surface area contributed by atoms with Crippen LogP contribution in [-0.2, 0) is 6.42 Å². The van der Waals surface area contributed by atoms with Gasteiger partial charge in [-0.2, -0.15) is 11.8 Å². The number of nitrogens with one attached hydrogen (secondary N) is 1. The lowest BCUT2D eigenvalue weighted by Gasteiger charge is -2.41. The standard InChI is InChI=1S/C16H25NOS/c1-13(17-12-16(19-3)9-6-10-16)11-14-7-4-5-8-15(14)18-2/h4-5,7-8,13,17H,6,9-12H2,1-3H3. The van der Waals surface area contributed by atoms with Crippen LogP contribution in [0.1, 0.15) is 31.7 Å². The lowest BCUT2D eigenvalue weighted by atomic mass is 9.84. The van der Waals surface area contributed by atoms with Crippen molar-refractivity contribution in [3.8, 4) is 5.75 Å². The second kappa shape index (κ2) is 6.67. The van der Waals surface area contributed by atoms with Crippen molar-refractivity contribution in [3.05, 3.63) is 29.8 Å². The molecule has 1 aromatic carbocycles. The summed E-state index contributed by atoms with van der Waals surface area (Å²) in [4.78, 5) is 0. The number of methoxy groups -OCH3 is 1. The molecule has 2 nitrogen and oxygen atoms in total. The van der Waals surface area contributed by atoms with Crippen molar-refractivity contribution < 1.29 is 4.74 Å². The van der Waals surface area contributed by atoms with Crippen LogP contribution in [0, 0.1) is 0 Å². The van der Waals surface area contributed by atoms with E-state index < -0.39 is 0 Å². The van der Waals surface area contributed by atoms with Gasteiger partial charge >= 0.3 is 0 Å². The molecule has 0 amide bonds. The monoisotopic (exact) mass is 279 g/mol. The Bertz CT molecular complexity index is 398. The third-order valence-corrected chi connectivity index (χ3v) is 5.61. The normalized spacial score (nSPS) is 18.7. The van der Waals surface area contributed by atoms with E-state index in [0.717, 1.165) is 18.7 Å². The van der Waals surface area contributed by atoms with Gasteiger partial charge in [0.25, 0.3) is 0 Å². The van der Waals surface area contributed by atoms with Gasteiger partial charge in [-0.05, 0) is 44.1 Å². The van der Waals surface area contributed by atoms with E-state index in [-0.39, 0.29) is 0 Å². The Hall–Kier alpha value is -0.670. The minimum atomic E-state index is 0.487. The molecule has 1 aliphatic rings. The van der Waals surface area contributed by atoms with E-state index in [2.05, 4.69) is 30.6 Å². The van der Waals surface area contributed by atoms with Crippen molar-refractivity contribution in [2.24, 2.45) is 0 Å². The quantitative estimate of drug-likeness (QED) is 0.825. The maximum Gasteiger partial charge on any atom is 0.122 e. The Morgan fingerprint density at radius 1 is 1.37 bits per heavy atom. The van der Waals surface area contributed by atoms with Crippen molar-refractivity contribution in [3.63, 3.8) is 0 Å². The number of benzene rings is 1. The molecule has 2 rings (SSSR count). The molecule has 1 atom stereocenters. The summed E-state index contributed by atoms with van der Waals surface area (Å²) in [7, 11) is 1.74. The Morgan fingerprint density at radius 3 is 2.68 bits per heavy atom. The molecule has 3 heteroatoms. The first-order valence-corrected chi connectivity index (χ1v) is 8.32. The highest BCUT2D eigenvalue weighted by Gasteiger charge is 2.35. The zero-order valence-corrected chi connectivity index (χ0v) is 13.1. The summed E-state index contributed by atoms with van der Waals surface area (Å²) in [5.41, 5.74) is 1.29. The van der Waals surface area contributed by atoms with Gasteiger partial charge in [0.15, 0.2) is 0 Å². The van der Waals surface area contributed by atoms with Crippen LogP contribution >= 0.6 is 11.8 Å². The average Bonchev–Trinajstić information content (AvgIpc) is 2.38. The topological polar surface area (TPSA) is 21.3 Å². The maximum atomic E-state index is 5.41. The van der Waals surface area contributed by atoms with Crippen LogP contribution in [0.25, 0.3) is 0 Å². The van der Waals surface area contributed by atoms with Crippen molar-refractivity contribution in [1.82, 2.24) is 5.32 Å². The largest absolute Gasteiger partial charge is 0.496 e. The lowest BCUT2D eigenvalue weighted by Crippen LogP contribution is -2.46. The van der Waals surface area contributed by atoms with Crippen LogP contribution < -0.4 is 10.1 Å². The second-order valence-electron chi connectivity index (χ2n) is 5.54. The summed E-state index contributed by atoms with van der Waals surface area (Å²) in [6.45, 7) is 3.39. The second-order valence-corrected chi connectivity index (χ2v) is 6.81. The van der Waals surface area contributed by atoms with Gasteiger partial charge in [-0.25, -0.2) is 0 Å². The number of ether oxygens (including phenoxy) is 1. The van der Waals surface area contributed by atoms with E-state index >= 15 is 0 Å². The molecule has 1 fully saturated rings. The Kier molecular flexibility index (Phi) is 5.17. The number of hydrogen-bond acceptors (Lipinski definition) is 3. The van der Waals surface area contributed by atoms with Gasteiger partial charge in [0.05, 0.1) is 7.11 Å². The van der Waals surface area contributed by atoms with Gasteiger partial charge in [0.1, 0.15) is 5.75 Å². The SMILES string of the molecule is COc1ccccc1CC(C)NCC1(SC)CCC1. The summed E-state index contributed by atoms with van der Waals surface area (Å²) < 4.78 is 5.92. The molecule has 0 bridgehead atoms. The van der Waals surface area contributed by atoms with Crippen LogP contribution in [0.4, 0.5) is 0 Å². The molecule has 1 unspecified atom stereocenters. The molecule has 1 aromatic rings. The van der Waals surface area contributed by atoms with E-state index in [1.54, 1.807) is 7.11 Å². The van der Waals surface area contributed by atoms with Gasteiger partial charge in [-0.1, -0.05) is 24.6 Å². The lowest BCUT2D eigenvalue weighted by molar-refractivity contribution is 0.331. The van der Waals surface area contributed by atoms with Crippen molar-refractivity contribution >= 4 is 11.8 Å². The highest BCUT2D eigenvalue weighted by atomic mass is 32.2. The van der Waals surface area contributed by atoms with Crippen LogP contribution in [0.3, 0.4) is 0 Å². The van der Waals surface area contributed by atoms with E-state index in [1.807, 2.05) is 23.9 Å². The zero-order chi connectivity index (χ0) is 13.7. The van der Waals surface area contributed by atoms with Gasteiger partial charge < -0.3 is 10.1 Å². The maximum absolute atomic E-state index is 5.41. The fourth-order valence-corrected chi connectivity index (χ4v) is 3.58. The van der Waals surface area contributed by atoms with E-state index in [0.29, 0.717) is 10.8 Å². The fourth-order valence-electron chi connectivity index (χ4n) is 2.66. The van der Waals surface area contributed by atoms with Crippen molar-refractivity contribution in [1.29, 1.82) is 0 Å². The van der Waals surface area contributed by atoms with Crippen molar-refractivity contribution in [2.45, 2.75) is 43.4 Å². The molecule has 0 aromatic heterocycles. The number of para-hydroxylation sites is 1. The molecule has 0 spiro atoms. The van der Waals surface area contributed by atoms with Crippen LogP contribution in [0.2, 0.25) is 0 Å². The van der Waals surface area contributed by atoms with E-state index in [1.165, 1.54) is 24.8 Å². The summed E-state index contributed by atoms with van der Waals surface area (Å²) in [6.07, 6.45) is 7.38. The van der Waals surface area contributed by atoms with Gasteiger partial charge in [-0.15, -0.1) is 0 Å². The summed E-state index contributed by atoms with van der Waals surface area (Å²) >= 11 is 2.03. The van der Waals surface area contributed by atoms with E-state index in [9.17, 15) is 0 Å². The molecule has 0 heterocycles. The van der Waals surface area contributed by atoms with Crippen molar-refractivity contribution in [2.75, 3.05) is 19.9 Å².